The Bertz CT molecular complexity index is 469. The second-order valence-corrected chi connectivity index (χ2v) is 6.88. The molecule has 0 aromatic carbocycles. The van der Waals surface area contributed by atoms with Crippen molar-refractivity contribution in [1.82, 2.24) is 14.7 Å². The third-order valence-electron chi connectivity index (χ3n) is 4.96. The number of piperidine rings is 1. The van der Waals surface area contributed by atoms with E-state index in [2.05, 4.69) is 30.5 Å². The molecule has 1 saturated heterocycles. The third-order valence-corrected chi connectivity index (χ3v) is 4.96. The van der Waals surface area contributed by atoms with E-state index in [1.807, 2.05) is 0 Å². The van der Waals surface area contributed by atoms with Gasteiger partial charge in [0, 0.05) is 17.3 Å². The molecule has 0 radical (unpaired) electrons. The highest BCUT2D eigenvalue weighted by molar-refractivity contribution is 5.34. The normalized spacial score (nSPS) is 25.1. The summed E-state index contributed by atoms with van der Waals surface area (Å²) in [6.07, 6.45) is 5.93. The van der Waals surface area contributed by atoms with E-state index in [1.54, 1.807) is 0 Å². The molecule has 2 aliphatic rings. The number of nitrogens with two attached hydrogens (primary N) is 1. The fraction of sp³-hybridized carbons (Fsp3) is 0.812. The van der Waals surface area contributed by atoms with E-state index < -0.39 is 0 Å². The van der Waals surface area contributed by atoms with Crippen LogP contribution in [0.5, 0.6) is 0 Å². The van der Waals surface area contributed by atoms with E-state index in [4.69, 9.17) is 10.8 Å². The van der Waals surface area contributed by atoms with Crippen LogP contribution in [0, 0.1) is 0 Å². The summed E-state index contributed by atoms with van der Waals surface area (Å²) in [6.45, 7) is 6.84. The smallest absolute Gasteiger partial charge is 0.0700 e. The summed E-state index contributed by atoms with van der Waals surface area (Å²) >= 11 is 0. The predicted octanol–water partition coefficient (Wildman–Crippen LogP) is 2.61. The zero-order valence-electron chi connectivity index (χ0n) is 13.1. The molecule has 1 aliphatic carbocycles. The van der Waals surface area contributed by atoms with Crippen molar-refractivity contribution in [2.45, 2.75) is 64.0 Å². The zero-order valence-corrected chi connectivity index (χ0v) is 13.1. The molecule has 4 nitrogen and oxygen atoms in total. The molecule has 0 bridgehead atoms. The van der Waals surface area contributed by atoms with E-state index in [1.165, 1.54) is 49.3 Å². The number of aromatic nitrogens is 2. The summed E-state index contributed by atoms with van der Waals surface area (Å²) in [5.74, 6) is 0.473. The molecule has 4 heteroatoms. The first kappa shape index (κ1) is 14.1. The van der Waals surface area contributed by atoms with E-state index in [0.29, 0.717) is 12.0 Å². The Morgan fingerprint density at radius 2 is 1.90 bits per heavy atom. The standard InChI is InChI=1S/C16H28N4/c1-11(2)16-15-13(17)5-4-6-14(15)20(18-16)12-7-9-19(3)10-8-12/h11-13H,4-10,17H2,1-3H3. The van der Waals surface area contributed by atoms with Gasteiger partial charge < -0.3 is 10.6 Å². The summed E-state index contributed by atoms with van der Waals surface area (Å²) in [7, 11) is 2.21. The predicted molar refractivity (Wildman–Crippen MR) is 82.0 cm³/mol. The van der Waals surface area contributed by atoms with Gasteiger partial charge in [0.05, 0.1) is 11.7 Å². The summed E-state index contributed by atoms with van der Waals surface area (Å²) in [4.78, 5) is 2.42. The molecule has 1 aromatic heterocycles. The average molecular weight is 276 g/mol. The Labute approximate surface area is 122 Å². The Balaban J connectivity index is 1.97. The molecular formula is C16H28N4. The molecule has 2 heterocycles. The molecule has 0 saturated carbocycles. The summed E-state index contributed by atoms with van der Waals surface area (Å²) < 4.78 is 2.36. The molecule has 1 aliphatic heterocycles. The summed E-state index contributed by atoms with van der Waals surface area (Å²) in [5.41, 5.74) is 10.5. The molecule has 0 spiro atoms. The van der Waals surface area contributed by atoms with Gasteiger partial charge in [-0.15, -0.1) is 0 Å². The molecule has 1 fully saturated rings. The van der Waals surface area contributed by atoms with Crippen LogP contribution >= 0.6 is 0 Å². The molecule has 20 heavy (non-hydrogen) atoms. The first-order valence-electron chi connectivity index (χ1n) is 8.13. The Kier molecular flexibility index (Phi) is 3.87. The van der Waals surface area contributed by atoms with Crippen LogP contribution in [0.3, 0.4) is 0 Å². The van der Waals surface area contributed by atoms with Gasteiger partial charge in [0.1, 0.15) is 0 Å². The quantitative estimate of drug-likeness (QED) is 0.903. The van der Waals surface area contributed by atoms with Crippen molar-refractivity contribution in [3.05, 3.63) is 17.0 Å². The minimum absolute atomic E-state index is 0.205. The second kappa shape index (κ2) is 5.49. The van der Waals surface area contributed by atoms with E-state index >= 15 is 0 Å². The van der Waals surface area contributed by atoms with Crippen LogP contribution in [0.1, 0.15) is 74.5 Å². The van der Waals surface area contributed by atoms with Gasteiger partial charge in [-0.25, -0.2) is 0 Å². The lowest BCUT2D eigenvalue weighted by atomic mass is 9.88. The molecule has 1 aromatic rings. The summed E-state index contributed by atoms with van der Waals surface area (Å²) in [5, 5.41) is 5.01. The van der Waals surface area contributed by atoms with Crippen LogP contribution in [0.25, 0.3) is 0 Å². The van der Waals surface area contributed by atoms with Crippen molar-refractivity contribution in [3.63, 3.8) is 0 Å². The number of nitrogens with zero attached hydrogens (tertiary/aromatic N) is 3. The van der Waals surface area contributed by atoms with Crippen molar-refractivity contribution >= 4 is 0 Å². The van der Waals surface area contributed by atoms with Crippen molar-refractivity contribution < 1.29 is 0 Å². The van der Waals surface area contributed by atoms with E-state index in [-0.39, 0.29) is 6.04 Å². The highest BCUT2D eigenvalue weighted by Crippen LogP contribution is 2.36. The Hall–Kier alpha value is -0.870. The molecule has 0 amide bonds. The van der Waals surface area contributed by atoms with Crippen molar-refractivity contribution in [2.24, 2.45) is 5.73 Å². The minimum Gasteiger partial charge on any atom is -0.324 e. The van der Waals surface area contributed by atoms with E-state index in [9.17, 15) is 0 Å². The maximum Gasteiger partial charge on any atom is 0.0700 e. The van der Waals surface area contributed by atoms with Crippen LogP contribution in [-0.2, 0) is 6.42 Å². The van der Waals surface area contributed by atoms with Crippen molar-refractivity contribution in [1.29, 1.82) is 0 Å². The minimum atomic E-state index is 0.205. The number of hydrogen-bond donors (Lipinski definition) is 1. The van der Waals surface area contributed by atoms with Crippen LogP contribution in [0.2, 0.25) is 0 Å². The fourth-order valence-corrected chi connectivity index (χ4v) is 3.76. The lowest BCUT2D eigenvalue weighted by Gasteiger charge is -2.31. The number of hydrogen-bond acceptors (Lipinski definition) is 3. The maximum atomic E-state index is 6.39. The van der Waals surface area contributed by atoms with Gasteiger partial charge in [0.2, 0.25) is 0 Å². The van der Waals surface area contributed by atoms with Crippen LogP contribution in [0.15, 0.2) is 0 Å². The number of rotatable bonds is 2. The maximum absolute atomic E-state index is 6.39. The lowest BCUT2D eigenvalue weighted by molar-refractivity contribution is 0.208. The van der Waals surface area contributed by atoms with Gasteiger partial charge >= 0.3 is 0 Å². The molecule has 1 atom stereocenters. The molecule has 1 unspecified atom stereocenters. The summed E-state index contributed by atoms with van der Waals surface area (Å²) in [6, 6.07) is 0.786. The topological polar surface area (TPSA) is 47.1 Å². The molecular weight excluding hydrogens is 248 g/mol. The monoisotopic (exact) mass is 276 g/mol. The highest BCUT2D eigenvalue weighted by Gasteiger charge is 2.30. The van der Waals surface area contributed by atoms with Gasteiger partial charge in [-0.2, -0.15) is 5.10 Å². The van der Waals surface area contributed by atoms with Gasteiger partial charge in [-0.1, -0.05) is 13.8 Å². The Morgan fingerprint density at radius 1 is 1.20 bits per heavy atom. The largest absolute Gasteiger partial charge is 0.324 e. The van der Waals surface area contributed by atoms with Crippen LogP contribution in [0.4, 0.5) is 0 Å². The molecule has 3 rings (SSSR count). The first-order chi connectivity index (χ1) is 9.58. The highest BCUT2D eigenvalue weighted by atomic mass is 15.3. The second-order valence-electron chi connectivity index (χ2n) is 6.88. The number of likely N-dealkylation sites (tertiary alicyclic amines) is 1. The lowest BCUT2D eigenvalue weighted by Crippen LogP contribution is -2.32. The molecule has 112 valence electrons. The van der Waals surface area contributed by atoms with Gasteiger partial charge in [0.25, 0.3) is 0 Å². The Morgan fingerprint density at radius 3 is 2.55 bits per heavy atom. The zero-order chi connectivity index (χ0) is 14.3. The van der Waals surface area contributed by atoms with Crippen LogP contribution in [-0.4, -0.2) is 34.8 Å². The van der Waals surface area contributed by atoms with Gasteiger partial charge in [-0.05, 0) is 58.2 Å². The van der Waals surface area contributed by atoms with Crippen LogP contribution < -0.4 is 5.73 Å². The van der Waals surface area contributed by atoms with E-state index in [0.717, 1.165) is 12.8 Å². The van der Waals surface area contributed by atoms with Gasteiger partial charge in [0.15, 0.2) is 0 Å². The number of fused-ring (bicyclic) bond motifs is 1. The average Bonchev–Trinajstić information content (AvgIpc) is 2.81. The molecule has 2 N–H and O–H groups in total. The van der Waals surface area contributed by atoms with Gasteiger partial charge in [-0.3, -0.25) is 4.68 Å². The van der Waals surface area contributed by atoms with Crippen molar-refractivity contribution in [3.8, 4) is 0 Å². The first-order valence-corrected chi connectivity index (χ1v) is 8.13. The SMILES string of the molecule is CC(C)c1nn(C2CCN(C)CC2)c2c1C(N)CCC2. The third kappa shape index (κ3) is 2.40. The van der Waals surface area contributed by atoms with Crippen molar-refractivity contribution in [2.75, 3.05) is 20.1 Å². The fourth-order valence-electron chi connectivity index (χ4n) is 3.76.